The van der Waals surface area contributed by atoms with E-state index >= 15 is 0 Å². The number of nitrogens with one attached hydrogen (secondary N) is 1. The van der Waals surface area contributed by atoms with Gasteiger partial charge in [0.05, 0.1) is 0 Å². The summed E-state index contributed by atoms with van der Waals surface area (Å²) in [5.74, 6) is -0.0938. The van der Waals surface area contributed by atoms with Crippen LogP contribution in [0, 0.1) is 0 Å². The minimum absolute atomic E-state index is 0.0355. The fourth-order valence-electron chi connectivity index (χ4n) is 2.84. The molecule has 3 rings (SSSR count). The van der Waals surface area contributed by atoms with Crippen molar-refractivity contribution in [1.29, 1.82) is 0 Å². The highest BCUT2D eigenvalue weighted by Gasteiger charge is 2.36. The molecule has 19 heavy (non-hydrogen) atoms. The molecule has 1 saturated heterocycles. The van der Waals surface area contributed by atoms with Gasteiger partial charge >= 0.3 is 0 Å². The number of amides is 2. The number of benzene rings is 1. The van der Waals surface area contributed by atoms with Crippen LogP contribution < -0.4 is 11.1 Å². The van der Waals surface area contributed by atoms with Crippen LogP contribution in [0.5, 0.6) is 0 Å². The van der Waals surface area contributed by atoms with Crippen LogP contribution in [0.1, 0.15) is 35.2 Å². The van der Waals surface area contributed by atoms with Crippen molar-refractivity contribution in [1.82, 2.24) is 10.2 Å². The van der Waals surface area contributed by atoms with Gasteiger partial charge in [-0.25, -0.2) is 0 Å². The Balaban J connectivity index is 1.88. The summed E-state index contributed by atoms with van der Waals surface area (Å²) < 4.78 is 0. The second kappa shape index (κ2) is 4.57. The molecule has 100 valence electrons. The summed E-state index contributed by atoms with van der Waals surface area (Å²) in [7, 11) is 0. The largest absolute Gasteiger partial charge is 0.399 e. The molecule has 1 fully saturated rings. The molecule has 5 heteroatoms. The van der Waals surface area contributed by atoms with Crippen molar-refractivity contribution in [2.45, 2.75) is 31.8 Å². The molecule has 2 aliphatic rings. The maximum atomic E-state index is 12.4. The summed E-state index contributed by atoms with van der Waals surface area (Å²) in [6.45, 7) is 1.19. The lowest BCUT2D eigenvalue weighted by atomic mass is 10.1. The number of nitrogen functional groups attached to an aromatic ring is 1. The summed E-state index contributed by atoms with van der Waals surface area (Å²) >= 11 is 0. The highest BCUT2D eigenvalue weighted by Crippen LogP contribution is 2.28. The number of carbonyl (C=O) groups excluding carboxylic acids is 2. The Morgan fingerprint density at radius 2 is 2.11 bits per heavy atom. The van der Waals surface area contributed by atoms with E-state index in [-0.39, 0.29) is 17.9 Å². The topological polar surface area (TPSA) is 75.4 Å². The summed E-state index contributed by atoms with van der Waals surface area (Å²) in [5, 5.41) is 2.87. The number of hydrogen-bond acceptors (Lipinski definition) is 3. The first kappa shape index (κ1) is 12.0. The van der Waals surface area contributed by atoms with Gasteiger partial charge in [-0.1, -0.05) is 0 Å². The molecule has 2 amide bonds. The van der Waals surface area contributed by atoms with Crippen molar-refractivity contribution in [3.8, 4) is 0 Å². The lowest BCUT2D eigenvalue weighted by Crippen LogP contribution is -2.45. The molecule has 0 saturated carbocycles. The standard InChI is InChI=1S/C14H17N3O2/c15-10-4-5-11-9(7-10)8-17(14(11)19)12-3-1-2-6-16-13(12)18/h4-5,7,12H,1-3,6,8,15H2,(H,16,18). The first-order chi connectivity index (χ1) is 9.16. The summed E-state index contributed by atoms with van der Waals surface area (Å²) in [5.41, 5.74) is 7.99. The molecule has 0 aliphatic carbocycles. The number of nitrogens with zero attached hydrogens (tertiary/aromatic N) is 1. The van der Waals surface area contributed by atoms with Gasteiger partial charge in [-0.3, -0.25) is 9.59 Å². The van der Waals surface area contributed by atoms with Crippen molar-refractivity contribution < 1.29 is 9.59 Å². The molecule has 2 aliphatic heterocycles. The molecule has 1 unspecified atom stereocenters. The van der Waals surface area contributed by atoms with Crippen molar-refractivity contribution in [2.24, 2.45) is 0 Å². The van der Waals surface area contributed by atoms with Gasteiger partial charge in [-0.2, -0.15) is 0 Å². The van der Waals surface area contributed by atoms with Crippen LogP contribution in [0.15, 0.2) is 18.2 Å². The van der Waals surface area contributed by atoms with Gasteiger partial charge in [0.25, 0.3) is 5.91 Å². The number of hydrogen-bond donors (Lipinski definition) is 2. The second-order valence-corrected chi connectivity index (χ2v) is 5.15. The first-order valence-corrected chi connectivity index (χ1v) is 6.64. The van der Waals surface area contributed by atoms with E-state index in [1.165, 1.54) is 0 Å². The van der Waals surface area contributed by atoms with Crippen molar-refractivity contribution in [3.63, 3.8) is 0 Å². The zero-order valence-corrected chi connectivity index (χ0v) is 10.7. The van der Waals surface area contributed by atoms with Crippen LogP contribution in [0.2, 0.25) is 0 Å². The van der Waals surface area contributed by atoms with Crippen LogP contribution in [0.4, 0.5) is 5.69 Å². The Morgan fingerprint density at radius 1 is 1.26 bits per heavy atom. The van der Waals surface area contributed by atoms with Gasteiger partial charge in [-0.15, -0.1) is 0 Å². The molecule has 1 aromatic carbocycles. The Hall–Kier alpha value is -2.04. The summed E-state index contributed by atoms with van der Waals surface area (Å²) in [6.07, 6.45) is 2.68. The summed E-state index contributed by atoms with van der Waals surface area (Å²) in [4.78, 5) is 26.1. The van der Waals surface area contributed by atoms with Gasteiger partial charge in [-0.05, 0) is 43.0 Å². The average molecular weight is 259 g/mol. The molecule has 5 nitrogen and oxygen atoms in total. The van der Waals surface area contributed by atoms with E-state index in [1.807, 2.05) is 6.07 Å². The normalized spacial score (nSPS) is 22.9. The van der Waals surface area contributed by atoms with E-state index in [0.29, 0.717) is 24.3 Å². The van der Waals surface area contributed by atoms with Gasteiger partial charge in [0.1, 0.15) is 6.04 Å². The molecular formula is C14H17N3O2. The molecule has 0 bridgehead atoms. The molecule has 2 heterocycles. The number of anilines is 1. The van der Waals surface area contributed by atoms with E-state index in [2.05, 4.69) is 5.32 Å². The van der Waals surface area contributed by atoms with Crippen LogP contribution in [0.25, 0.3) is 0 Å². The second-order valence-electron chi connectivity index (χ2n) is 5.15. The molecule has 0 spiro atoms. The Morgan fingerprint density at radius 3 is 2.95 bits per heavy atom. The van der Waals surface area contributed by atoms with Gasteiger partial charge in [0.2, 0.25) is 5.91 Å². The third-order valence-electron chi connectivity index (χ3n) is 3.84. The van der Waals surface area contributed by atoms with E-state index in [0.717, 1.165) is 24.8 Å². The van der Waals surface area contributed by atoms with E-state index in [9.17, 15) is 9.59 Å². The quantitative estimate of drug-likeness (QED) is 0.736. The van der Waals surface area contributed by atoms with Crippen molar-refractivity contribution in [2.75, 3.05) is 12.3 Å². The predicted octanol–water partition coefficient (Wildman–Crippen LogP) is 0.893. The first-order valence-electron chi connectivity index (χ1n) is 6.64. The molecule has 0 radical (unpaired) electrons. The van der Waals surface area contributed by atoms with Crippen molar-refractivity contribution in [3.05, 3.63) is 29.3 Å². The maximum absolute atomic E-state index is 12.4. The minimum atomic E-state index is -0.344. The predicted molar refractivity (Wildman–Crippen MR) is 71.4 cm³/mol. The molecule has 0 aromatic heterocycles. The third-order valence-corrected chi connectivity index (χ3v) is 3.84. The number of fused-ring (bicyclic) bond motifs is 1. The summed E-state index contributed by atoms with van der Waals surface area (Å²) in [6, 6.07) is 4.96. The van der Waals surface area contributed by atoms with Gasteiger partial charge in [0.15, 0.2) is 0 Å². The van der Waals surface area contributed by atoms with Crippen LogP contribution in [-0.4, -0.2) is 29.3 Å². The number of carbonyl (C=O) groups is 2. The van der Waals surface area contributed by atoms with Crippen LogP contribution in [0.3, 0.4) is 0 Å². The molecule has 3 N–H and O–H groups in total. The van der Waals surface area contributed by atoms with E-state index in [4.69, 9.17) is 5.73 Å². The van der Waals surface area contributed by atoms with Gasteiger partial charge < -0.3 is 16.0 Å². The van der Waals surface area contributed by atoms with E-state index in [1.54, 1.807) is 17.0 Å². The van der Waals surface area contributed by atoms with Crippen molar-refractivity contribution >= 4 is 17.5 Å². The molecule has 1 aromatic rings. The number of rotatable bonds is 1. The smallest absolute Gasteiger partial charge is 0.255 e. The Kier molecular flexibility index (Phi) is 2.89. The SMILES string of the molecule is Nc1ccc2c(c1)CN(C1CCCCNC1=O)C2=O. The maximum Gasteiger partial charge on any atom is 0.255 e. The fourth-order valence-corrected chi connectivity index (χ4v) is 2.84. The Labute approximate surface area is 111 Å². The Bertz CT molecular complexity index is 541. The molecule has 1 atom stereocenters. The van der Waals surface area contributed by atoms with E-state index < -0.39 is 0 Å². The highest BCUT2D eigenvalue weighted by atomic mass is 16.2. The van der Waals surface area contributed by atoms with Crippen LogP contribution >= 0.6 is 0 Å². The zero-order chi connectivity index (χ0) is 13.4. The lowest BCUT2D eigenvalue weighted by molar-refractivity contribution is -0.125. The monoisotopic (exact) mass is 259 g/mol. The average Bonchev–Trinajstić information content (AvgIpc) is 2.57. The van der Waals surface area contributed by atoms with Crippen LogP contribution in [-0.2, 0) is 11.3 Å². The number of nitrogens with two attached hydrogens (primary N) is 1. The minimum Gasteiger partial charge on any atom is -0.399 e. The molecular weight excluding hydrogens is 242 g/mol. The zero-order valence-electron chi connectivity index (χ0n) is 10.7. The lowest BCUT2D eigenvalue weighted by Gasteiger charge is -2.25. The fraction of sp³-hybridized carbons (Fsp3) is 0.429. The highest BCUT2D eigenvalue weighted by molar-refractivity contribution is 6.01. The van der Waals surface area contributed by atoms with Gasteiger partial charge in [0, 0.05) is 24.3 Å². The third kappa shape index (κ3) is 2.05.